The maximum Gasteiger partial charge on any atom is 0.200 e. The summed E-state index contributed by atoms with van der Waals surface area (Å²) < 4.78 is 12.3. The first-order valence-corrected chi connectivity index (χ1v) is 13.2. The van der Waals surface area contributed by atoms with E-state index in [2.05, 4.69) is 55.3 Å². The number of hydrogen-bond donors (Lipinski definition) is 1. The number of methoxy groups -OCH3 is 2. The Labute approximate surface area is 215 Å². The molecule has 0 unspecified atom stereocenters. The van der Waals surface area contributed by atoms with E-state index in [-0.39, 0.29) is 17.3 Å². The van der Waals surface area contributed by atoms with E-state index in [0.717, 1.165) is 43.3 Å². The molecule has 0 heterocycles. The van der Waals surface area contributed by atoms with Gasteiger partial charge in [-0.15, -0.1) is 0 Å². The highest BCUT2D eigenvalue weighted by molar-refractivity contribution is 5.98. The highest BCUT2D eigenvalue weighted by atomic mass is 16.7. The number of allylic oxidation sites excluding steroid dienone is 2. The molecule has 0 radical (unpaired) electrons. The Bertz CT molecular complexity index is 1130. The molecule has 2 saturated carbocycles. The first kappa shape index (κ1) is 25.2. The fraction of sp³-hybridized carbons (Fsp3) is 0.600. The van der Waals surface area contributed by atoms with Crippen LogP contribution >= 0.6 is 0 Å². The lowest BCUT2D eigenvalue weighted by atomic mass is 9.51. The van der Waals surface area contributed by atoms with Crippen LogP contribution < -0.4 is 4.90 Å². The molecule has 0 aliphatic heterocycles. The minimum Gasteiger partial charge on any atom is -0.411 e. The van der Waals surface area contributed by atoms with Crippen LogP contribution in [0.2, 0.25) is 0 Å². The average molecular weight is 493 g/mol. The van der Waals surface area contributed by atoms with Gasteiger partial charge in [-0.05, 0) is 85.6 Å². The predicted molar refractivity (Wildman–Crippen MR) is 142 cm³/mol. The van der Waals surface area contributed by atoms with E-state index in [0.29, 0.717) is 29.8 Å². The van der Waals surface area contributed by atoms with Crippen LogP contribution in [0.3, 0.4) is 0 Å². The molecule has 1 aromatic carbocycles. The number of rotatable bonds is 5. The Morgan fingerprint density at radius 3 is 2.39 bits per heavy atom. The van der Waals surface area contributed by atoms with Gasteiger partial charge in [0.2, 0.25) is 0 Å². The van der Waals surface area contributed by atoms with Crippen LogP contribution in [0.5, 0.6) is 0 Å². The van der Waals surface area contributed by atoms with Gasteiger partial charge in [0.15, 0.2) is 5.79 Å². The number of ketones is 1. The zero-order chi connectivity index (χ0) is 25.8. The average Bonchev–Trinajstić information content (AvgIpc) is 3.24. The van der Waals surface area contributed by atoms with Gasteiger partial charge >= 0.3 is 0 Å². The molecule has 5 atom stereocenters. The van der Waals surface area contributed by atoms with E-state index < -0.39 is 5.79 Å². The number of fused-ring (bicyclic) bond motifs is 4. The normalized spacial score (nSPS) is 34.1. The van der Waals surface area contributed by atoms with Crippen molar-refractivity contribution in [3.63, 3.8) is 0 Å². The molecule has 0 saturated heterocycles. The van der Waals surface area contributed by atoms with Gasteiger partial charge in [-0.3, -0.25) is 4.79 Å². The van der Waals surface area contributed by atoms with Gasteiger partial charge in [-0.2, -0.15) is 0 Å². The first-order valence-electron chi connectivity index (χ1n) is 13.2. The maximum absolute atomic E-state index is 12.8. The molecule has 2 fully saturated rings. The largest absolute Gasteiger partial charge is 0.411 e. The summed E-state index contributed by atoms with van der Waals surface area (Å²) in [6.07, 6.45) is 7.33. The smallest absolute Gasteiger partial charge is 0.200 e. The van der Waals surface area contributed by atoms with Crippen molar-refractivity contribution in [2.24, 2.45) is 28.3 Å². The summed E-state index contributed by atoms with van der Waals surface area (Å²) >= 11 is 0. The zero-order valence-corrected chi connectivity index (χ0v) is 22.5. The lowest BCUT2D eigenvalue weighted by Gasteiger charge is -2.54. The lowest BCUT2D eigenvalue weighted by Crippen LogP contribution is -2.49. The Kier molecular flexibility index (Phi) is 6.40. The molecular weight excluding hydrogens is 452 g/mol. The van der Waals surface area contributed by atoms with E-state index in [9.17, 15) is 10.0 Å². The SMILES string of the molecule is COC1(OC)C/C(=N/O)C=C2CC[C@@H]3C(=C21)[C@@H](c1ccc(N(C)C)cc1)C[C@]1(C)[C@@H](C(C)=O)CC[C@@H]31. The van der Waals surface area contributed by atoms with E-state index in [4.69, 9.17) is 9.47 Å². The van der Waals surface area contributed by atoms with Gasteiger partial charge in [0, 0.05) is 51.4 Å². The molecule has 4 aliphatic rings. The third-order valence-corrected chi connectivity index (χ3v) is 9.87. The standard InChI is InChI=1S/C30H40N2O4/c1-18(33)25-13-14-26-23-12-9-20-15-21(31-34)16-30(35-5,36-6)28(20)27(23)24(17-29(25,26)2)19-7-10-22(11-8-19)32(3)4/h7-8,10-11,15,23-26,34H,9,12-14,16-17H2,1-6H3/b31-21+/t23-,24+,25+,26-,29+/m0/s1. The Morgan fingerprint density at radius 2 is 1.81 bits per heavy atom. The fourth-order valence-electron chi connectivity index (χ4n) is 8.23. The summed E-state index contributed by atoms with van der Waals surface area (Å²) in [5.74, 6) is 0.474. The second-order valence-electron chi connectivity index (χ2n) is 11.7. The van der Waals surface area contributed by atoms with E-state index >= 15 is 0 Å². The Morgan fingerprint density at radius 1 is 1.11 bits per heavy atom. The molecule has 4 aliphatic carbocycles. The van der Waals surface area contributed by atoms with Crippen LogP contribution in [0.4, 0.5) is 5.69 Å². The number of carbonyl (C=O) groups excluding carboxylic acids is 1. The lowest BCUT2D eigenvalue weighted by molar-refractivity contribution is -0.174. The van der Waals surface area contributed by atoms with Crippen molar-refractivity contribution in [3.8, 4) is 0 Å². The molecule has 1 N–H and O–H groups in total. The van der Waals surface area contributed by atoms with Crippen molar-refractivity contribution < 1.29 is 19.5 Å². The van der Waals surface area contributed by atoms with E-state index in [1.807, 2.05) is 6.08 Å². The second kappa shape index (κ2) is 9.14. The van der Waals surface area contributed by atoms with E-state index in [1.54, 1.807) is 21.1 Å². The molecule has 1 aromatic rings. The van der Waals surface area contributed by atoms with Gasteiger partial charge in [0.05, 0.1) is 12.1 Å². The number of Topliss-reactive ketones (excluding diaryl/α,β-unsaturated/α-hetero) is 1. The second-order valence-corrected chi connectivity index (χ2v) is 11.7. The number of nitrogens with zero attached hydrogens (tertiary/aromatic N) is 2. The van der Waals surface area contributed by atoms with Crippen molar-refractivity contribution in [2.75, 3.05) is 33.2 Å². The molecule has 6 nitrogen and oxygen atoms in total. The number of benzene rings is 1. The van der Waals surface area contributed by atoms with Gasteiger partial charge in [0.25, 0.3) is 0 Å². The summed E-state index contributed by atoms with van der Waals surface area (Å²) in [6, 6.07) is 8.90. The van der Waals surface area contributed by atoms with Gasteiger partial charge in [0.1, 0.15) is 5.78 Å². The van der Waals surface area contributed by atoms with Crippen LogP contribution in [0.1, 0.15) is 63.9 Å². The van der Waals surface area contributed by atoms with Crippen molar-refractivity contribution in [2.45, 2.75) is 64.1 Å². The minimum absolute atomic E-state index is 0.0259. The summed E-state index contributed by atoms with van der Waals surface area (Å²) in [5.41, 5.74) is 6.73. The van der Waals surface area contributed by atoms with Gasteiger partial charge in [-0.25, -0.2) is 0 Å². The number of oxime groups is 1. The first-order chi connectivity index (χ1) is 17.2. The quantitative estimate of drug-likeness (QED) is 0.323. The maximum atomic E-state index is 12.8. The highest BCUT2D eigenvalue weighted by Gasteiger charge is 2.59. The zero-order valence-electron chi connectivity index (χ0n) is 22.5. The predicted octanol–water partition coefficient (Wildman–Crippen LogP) is 5.72. The van der Waals surface area contributed by atoms with Crippen molar-refractivity contribution in [1.29, 1.82) is 0 Å². The van der Waals surface area contributed by atoms with Gasteiger partial charge in [-0.1, -0.05) is 29.8 Å². The molecule has 0 aromatic heterocycles. The summed E-state index contributed by atoms with van der Waals surface area (Å²) in [5, 5.41) is 13.2. The molecule has 0 spiro atoms. The Balaban J connectivity index is 1.75. The highest BCUT2D eigenvalue weighted by Crippen LogP contribution is 2.66. The van der Waals surface area contributed by atoms with Crippen LogP contribution in [0, 0.1) is 23.2 Å². The molecular formula is C30H40N2O4. The molecule has 5 rings (SSSR count). The van der Waals surface area contributed by atoms with Crippen molar-refractivity contribution in [1.82, 2.24) is 0 Å². The van der Waals surface area contributed by atoms with Crippen molar-refractivity contribution in [3.05, 3.63) is 52.6 Å². The fourth-order valence-corrected chi connectivity index (χ4v) is 8.23. The molecule has 194 valence electrons. The summed E-state index contributed by atoms with van der Waals surface area (Å²) in [6.45, 7) is 4.16. The number of ether oxygens (including phenoxy) is 2. The van der Waals surface area contributed by atoms with E-state index in [1.165, 1.54) is 16.8 Å². The van der Waals surface area contributed by atoms with Crippen LogP contribution in [-0.2, 0) is 14.3 Å². The van der Waals surface area contributed by atoms with Crippen LogP contribution in [0.25, 0.3) is 0 Å². The van der Waals surface area contributed by atoms with Crippen molar-refractivity contribution >= 4 is 17.2 Å². The summed E-state index contributed by atoms with van der Waals surface area (Å²) in [7, 11) is 7.50. The molecule has 0 bridgehead atoms. The third-order valence-electron chi connectivity index (χ3n) is 9.87. The van der Waals surface area contributed by atoms with Crippen LogP contribution in [-0.4, -0.2) is 50.8 Å². The third kappa shape index (κ3) is 3.67. The Hall–Kier alpha value is -2.44. The van der Waals surface area contributed by atoms with Gasteiger partial charge < -0.3 is 19.6 Å². The molecule has 6 heteroatoms. The number of anilines is 1. The minimum atomic E-state index is -0.978. The molecule has 0 amide bonds. The number of carbonyl (C=O) groups is 1. The number of hydrogen-bond acceptors (Lipinski definition) is 6. The topological polar surface area (TPSA) is 71.4 Å². The monoisotopic (exact) mass is 492 g/mol. The van der Waals surface area contributed by atoms with Crippen LogP contribution in [0.15, 0.2) is 52.2 Å². The molecule has 36 heavy (non-hydrogen) atoms. The summed E-state index contributed by atoms with van der Waals surface area (Å²) in [4.78, 5) is 14.9.